The van der Waals surface area contributed by atoms with Crippen molar-refractivity contribution in [2.24, 2.45) is 22.2 Å². The molecule has 1 unspecified atom stereocenters. The monoisotopic (exact) mass is 510 g/mol. The van der Waals surface area contributed by atoms with Gasteiger partial charge in [-0.1, -0.05) is 0 Å². The van der Waals surface area contributed by atoms with Crippen LogP contribution in [0, 0.1) is 0 Å². The number of amides is 2. The number of rotatable bonds is 6. The molecule has 1 atom stereocenters. The van der Waals surface area contributed by atoms with E-state index in [0.29, 0.717) is 48.7 Å². The van der Waals surface area contributed by atoms with Gasteiger partial charge < -0.3 is 26.8 Å². The molecule has 3 rings (SSSR count). The number of hydrogen-bond acceptors (Lipinski definition) is 6. The van der Waals surface area contributed by atoms with Gasteiger partial charge in [-0.05, 0) is 55.5 Å². The molecule has 12 heteroatoms. The average molecular weight is 511 g/mol. The van der Waals surface area contributed by atoms with Gasteiger partial charge in [-0.25, -0.2) is 9.79 Å². The largest absolute Gasteiger partial charge is 0.423 e. The highest BCUT2D eigenvalue weighted by molar-refractivity contribution is 5.95. The summed E-state index contributed by atoms with van der Waals surface area (Å²) in [6.45, 7) is 3.92. The zero-order valence-electron chi connectivity index (χ0n) is 18.5. The molecule has 0 aromatic heterocycles. The molecule has 0 aliphatic carbocycles. The molecule has 0 saturated carbocycles. The number of esters is 1. The van der Waals surface area contributed by atoms with Crippen molar-refractivity contribution < 1.29 is 19.1 Å². The molecule has 34 heavy (non-hydrogen) atoms. The molecule has 2 amide bonds. The Morgan fingerprint density at radius 2 is 1.38 bits per heavy atom. The molecule has 0 spiro atoms. The van der Waals surface area contributed by atoms with E-state index in [4.69, 9.17) is 21.9 Å². The molecule has 0 radical (unpaired) electrons. The van der Waals surface area contributed by atoms with Crippen LogP contribution >= 0.6 is 24.8 Å². The Kier molecular flexibility index (Phi) is 10.8. The van der Waals surface area contributed by atoms with Gasteiger partial charge in [0.15, 0.2) is 5.96 Å². The van der Waals surface area contributed by atoms with E-state index >= 15 is 0 Å². The second-order valence-electron chi connectivity index (χ2n) is 7.40. The van der Waals surface area contributed by atoms with E-state index in [1.807, 2.05) is 4.90 Å². The van der Waals surface area contributed by atoms with Crippen LogP contribution in [0.25, 0.3) is 0 Å². The van der Waals surface area contributed by atoms with Crippen molar-refractivity contribution in [3.8, 4) is 5.75 Å². The summed E-state index contributed by atoms with van der Waals surface area (Å²) in [7, 11) is 0. The number of carbonyl (C=O) groups is 3. The minimum Gasteiger partial charge on any atom is -0.423 e. The van der Waals surface area contributed by atoms with E-state index in [2.05, 4.69) is 4.99 Å². The zero-order chi connectivity index (χ0) is 23.3. The molecule has 184 valence electrons. The molecule has 6 N–H and O–H groups in total. The maximum atomic E-state index is 12.8. The maximum absolute atomic E-state index is 12.8. The first-order chi connectivity index (χ1) is 15.2. The number of primary amides is 1. The van der Waals surface area contributed by atoms with Crippen LogP contribution in [-0.2, 0) is 4.79 Å². The molecular weight excluding hydrogens is 483 g/mol. The first kappa shape index (κ1) is 28.7. The quantitative estimate of drug-likeness (QED) is 0.228. The lowest BCUT2D eigenvalue weighted by atomic mass is 10.1. The number of ether oxygens (including phenoxy) is 1. The van der Waals surface area contributed by atoms with Gasteiger partial charge in [0.1, 0.15) is 5.75 Å². The number of aliphatic imine (C=N–C) groups is 1. The third-order valence-corrected chi connectivity index (χ3v) is 5.23. The normalized spacial score (nSPS) is 14.1. The zero-order valence-corrected chi connectivity index (χ0v) is 20.2. The predicted molar refractivity (Wildman–Crippen MR) is 134 cm³/mol. The molecule has 1 heterocycles. The molecular formula is C22H28Cl2N6O4. The van der Waals surface area contributed by atoms with Crippen molar-refractivity contribution in [2.75, 3.05) is 26.2 Å². The Labute approximate surface area is 209 Å². The molecule has 1 aliphatic heterocycles. The van der Waals surface area contributed by atoms with E-state index in [1.165, 1.54) is 0 Å². The number of carbonyl (C=O) groups excluding carboxylic acids is 3. The number of benzene rings is 2. The Hall–Kier alpha value is -3.34. The van der Waals surface area contributed by atoms with Crippen molar-refractivity contribution in [3.63, 3.8) is 0 Å². The smallest absolute Gasteiger partial charge is 0.343 e. The fourth-order valence-corrected chi connectivity index (χ4v) is 3.33. The summed E-state index contributed by atoms with van der Waals surface area (Å²) in [5, 5.41) is 0. The summed E-state index contributed by atoms with van der Waals surface area (Å²) >= 11 is 0. The summed E-state index contributed by atoms with van der Waals surface area (Å²) in [5.41, 5.74) is 17.3. The highest BCUT2D eigenvalue weighted by Crippen LogP contribution is 2.18. The van der Waals surface area contributed by atoms with Gasteiger partial charge in [-0.2, -0.15) is 0 Å². The Morgan fingerprint density at radius 3 is 1.88 bits per heavy atom. The highest BCUT2D eigenvalue weighted by Gasteiger charge is 2.26. The van der Waals surface area contributed by atoms with Crippen molar-refractivity contribution >= 4 is 54.2 Å². The predicted octanol–water partition coefficient (Wildman–Crippen LogP) is 1.29. The van der Waals surface area contributed by atoms with Gasteiger partial charge in [-0.15, -0.1) is 24.8 Å². The Bertz CT molecular complexity index is 1020. The van der Waals surface area contributed by atoms with Gasteiger partial charge in [0.25, 0.3) is 5.91 Å². The minimum absolute atomic E-state index is 0. The standard InChI is InChI=1S/C22H26N6O4.2ClH/c1-14(19(23)29)27-10-12-28(13-11-27)20(30)15-4-8-18(9-5-15)32-21(31)16-2-6-17(7-3-16)26-22(24)25;;/h2-9,14H,10-13H2,1H3,(H2,23,29)(H4,24,25,26);2*1H. The van der Waals surface area contributed by atoms with Gasteiger partial charge in [0.2, 0.25) is 5.91 Å². The second kappa shape index (κ2) is 12.8. The molecule has 1 saturated heterocycles. The molecule has 2 aromatic carbocycles. The molecule has 10 nitrogen and oxygen atoms in total. The number of hydrogen-bond donors (Lipinski definition) is 3. The number of guanidine groups is 1. The van der Waals surface area contributed by atoms with Crippen molar-refractivity contribution in [1.29, 1.82) is 0 Å². The van der Waals surface area contributed by atoms with Crippen molar-refractivity contribution in [2.45, 2.75) is 13.0 Å². The highest BCUT2D eigenvalue weighted by atomic mass is 35.5. The lowest BCUT2D eigenvalue weighted by Crippen LogP contribution is -2.54. The number of halogens is 2. The van der Waals surface area contributed by atoms with Crippen LogP contribution in [0.4, 0.5) is 5.69 Å². The van der Waals surface area contributed by atoms with Gasteiger partial charge in [0, 0.05) is 31.7 Å². The molecule has 1 aliphatic rings. The third-order valence-electron chi connectivity index (χ3n) is 5.23. The third kappa shape index (κ3) is 7.34. The SMILES string of the molecule is CC(C(N)=O)N1CCN(C(=O)c2ccc(OC(=O)c3ccc(N=C(N)N)cc3)cc2)CC1.Cl.Cl. The first-order valence-corrected chi connectivity index (χ1v) is 10.1. The lowest BCUT2D eigenvalue weighted by molar-refractivity contribution is -0.123. The number of nitrogens with zero attached hydrogens (tertiary/aromatic N) is 3. The van der Waals surface area contributed by atoms with Crippen LogP contribution < -0.4 is 21.9 Å². The van der Waals surface area contributed by atoms with Crippen LogP contribution in [-0.4, -0.2) is 65.8 Å². The van der Waals surface area contributed by atoms with Crippen molar-refractivity contribution in [3.05, 3.63) is 59.7 Å². The van der Waals surface area contributed by atoms with Crippen LogP contribution in [0.1, 0.15) is 27.6 Å². The lowest BCUT2D eigenvalue weighted by Gasteiger charge is -2.37. The number of nitrogens with two attached hydrogens (primary N) is 3. The van der Waals surface area contributed by atoms with Gasteiger partial charge >= 0.3 is 5.97 Å². The Morgan fingerprint density at radius 1 is 0.853 bits per heavy atom. The summed E-state index contributed by atoms with van der Waals surface area (Å²) < 4.78 is 5.36. The van der Waals surface area contributed by atoms with E-state index in [-0.39, 0.29) is 48.6 Å². The van der Waals surface area contributed by atoms with E-state index < -0.39 is 5.97 Å². The van der Waals surface area contributed by atoms with Crippen molar-refractivity contribution in [1.82, 2.24) is 9.80 Å². The van der Waals surface area contributed by atoms with Crippen LogP contribution in [0.2, 0.25) is 0 Å². The molecule has 2 aromatic rings. The van der Waals surface area contributed by atoms with E-state index in [9.17, 15) is 14.4 Å². The fourth-order valence-electron chi connectivity index (χ4n) is 3.33. The van der Waals surface area contributed by atoms with Crippen LogP contribution in [0.3, 0.4) is 0 Å². The van der Waals surface area contributed by atoms with Gasteiger partial charge in [0.05, 0.1) is 17.3 Å². The summed E-state index contributed by atoms with van der Waals surface area (Å²) in [5.74, 6) is -0.791. The average Bonchev–Trinajstić information content (AvgIpc) is 2.78. The van der Waals surface area contributed by atoms with Crippen LogP contribution in [0.5, 0.6) is 5.75 Å². The number of piperazine rings is 1. The summed E-state index contributed by atoms with van der Waals surface area (Å²) in [6, 6.07) is 12.3. The molecule has 1 fully saturated rings. The van der Waals surface area contributed by atoms with Gasteiger partial charge in [-0.3, -0.25) is 14.5 Å². The Balaban J connectivity index is 0.00000289. The maximum Gasteiger partial charge on any atom is 0.343 e. The van der Waals surface area contributed by atoms with E-state index in [1.54, 1.807) is 60.4 Å². The summed E-state index contributed by atoms with van der Waals surface area (Å²) in [4.78, 5) is 44.0. The topological polar surface area (TPSA) is 157 Å². The fraction of sp³-hybridized carbons (Fsp3) is 0.273. The first-order valence-electron chi connectivity index (χ1n) is 10.1. The molecule has 0 bridgehead atoms. The van der Waals surface area contributed by atoms with Crippen LogP contribution in [0.15, 0.2) is 53.5 Å². The minimum atomic E-state index is -0.542. The second-order valence-corrected chi connectivity index (χ2v) is 7.40. The summed E-state index contributed by atoms with van der Waals surface area (Å²) in [6.07, 6.45) is 0. The van der Waals surface area contributed by atoms with E-state index in [0.717, 1.165) is 0 Å².